The van der Waals surface area contributed by atoms with Gasteiger partial charge in [-0.05, 0) is 48.9 Å². The van der Waals surface area contributed by atoms with Gasteiger partial charge in [-0.2, -0.15) is 0 Å². The summed E-state index contributed by atoms with van der Waals surface area (Å²) in [7, 11) is -7.15. The number of sulfonamides is 2. The van der Waals surface area contributed by atoms with Gasteiger partial charge >= 0.3 is 0 Å². The third-order valence-electron chi connectivity index (χ3n) is 3.51. The molecule has 0 aliphatic heterocycles. The number of hydrogen-bond donors (Lipinski definition) is 3. The van der Waals surface area contributed by atoms with Crippen LogP contribution >= 0.6 is 0 Å². The van der Waals surface area contributed by atoms with Crippen molar-refractivity contribution in [3.63, 3.8) is 0 Å². The van der Waals surface area contributed by atoms with Crippen LogP contribution in [0.2, 0.25) is 0 Å². The molecule has 0 saturated carbocycles. The summed E-state index contributed by atoms with van der Waals surface area (Å²) in [6, 6.07) is 11.5. The van der Waals surface area contributed by atoms with E-state index in [9.17, 15) is 21.6 Å². The zero-order valence-corrected chi connectivity index (χ0v) is 15.8. The molecule has 0 spiro atoms. The van der Waals surface area contributed by atoms with Gasteiger partial charge in [-0.1, -0.05) is 12.1 Å². The number of carbonyl (C=O) groups excluding carboxylic acids is 1. The second kappa shape index (κ2) is 7.44. The van der Waals surface area contributed by atoms with Crippen LogP contribution in [0.5, 0.6) is 0 Å². The second-order valence-corrected chi connectivity index (χ2v) is 9.07. The average molecular weight is 397 g/mol. The molecule has 1 atom stereocenters. The summed E-state index contributed by atoms with van der Waals surface area (Å²) < 4.78 is 47.2. The maximum Gasteiger partial charge on any atom is 0.251 e. The molecule has 0 bridgehead atoms. The van der Waals surface area contributed by atoms with Crippen molar-refractivity contribution < 1.29 is 21.6 Å². The number of nitrogens with two attached hydrogens (primary N) is 1. The number of benzene rings is 2. The summed E-state index contributed by atoms with van der Waals surface area (Å²) in [6.07, 6.45) is 1.04. The van der Waals surface area contributed by atoms with Gasteiger partial charge in [0.15, 0.2) is 0 Å². The highest BCUT2D eigenvalue weighted by molar-refractivity contribution is 7.92. The average Bonchev–Trinajstić information content (AvgIpc) is 2.53. The SMILES string of the molecule is CC(NC(=O)c1ccc(NS(C)(=O)=O)cc1)c1ccc(S(N)(=O)=O)cc1. The number of anilines is 1. The summed E-state index contributed by atoms with van der Waals surface area (Å²) in [5.74, 6) is -0.348. The van der Waals surface area contributed by atoms with Crippen molar-refractivity contribution in [1.82, 2.24) is 5.32 Å². The van der Waals surface area contributed by atoms with Crippen LogP contribution in [0.3, 0.4) is 0 Å². The Kier molecular flexibility index (Phi) is 5.69. The molecule has 10 heteroatoms. The minimum atomic E-state index is -3.76. The van der Waals surface area contributed by atoms with E-state index in [-0.39, 0.29) is 16.8 Å². The van der Waals surface area contributed by atoms with Gasteiger partial charge in [-0.25, -0.2) is 22.0 Å². The lowest BCUT2D eigenvalue weighted by atomic mass is 10.1. The van der Waals surface area contributed by atoms with Crippen LogP contribution in [0.1, 0.15) is 28.9 Å². The van der Waals surface area contributed by atoms with Crippen LogP contribution in [-0.2, 0) is 20.0 Å². The molecular formula is C16H19N3O5S2. The molecule has 2 aromatic rings. The Morgan fingerprint density at radius 1 is 0.962 bits per heavy atom. The Hall–Kier alpha value is -2.43. The van der Waals surface area contributed by atoms with Gasteiger partial charge < -0.3 is 5.32 Å². The van der Waals surface area contributed by atoms with E-state index >= 15 is 0 Å². The Bertz CT molecular complexity index is 999. The quantitative estimate of drug-likeness (QED) is 0.673. The lowest BCUT2D eigenvalue weighted by Gasteiger charge is -2.15. The largest absolute Gasteiger partial charge is 0.346 e. The third-order valence-corrected chi connectivity index (χ3v) is 5.04. The lowest BCUT2D eigenvalue weighted by molar-refractivity contribution is 0.0940. The van der Waals surface area contributed by atoms with Gasteiger partial charge in [-0.15, -0.1) is 0 Å². The number of nitrogens with one attached hydrogen (secondary N) is 2. The van der Waals surface area contributed by atoms with E-state index in [1.165, 1.54) is 36.4 Å². The molecule has 1 unspecified atom stereocenters. The fourth-order valence-electron chi connectivity index (χ4n) is 2.21. The summed E-state index contributed by atoms with van der Waals surface area (Å²) in [6.45, 7) is 1.75. The first-order chi connectivity index (χ1) is 12.0. The summed E-state index contributed by atoms with van der Waals surface area (Å²) in [5, 5.41) is 7.83. The van der Waals surface area contributed by atoms with Crippen molar-refractivity contribution in [2.75, 3.05) is 11.0 Å². The highest BCUT2D eigenvalue weighted by Gasteiger charge is 2.13. The van der Waals surface area contributed by atoms with Gasteiger partial charge in [0, 0.05) is 11.3 Å². The Morgan fingerprint density at radius 2 is 1.50 bits per heavy atom. The minimum absolute atomic E-state index is 0.00579. The lowest BCUT2D eigenvalue weighted by Crippen LogP contribution is -2.26. The van der Waals surface area contributed by atoms with E-state index in [1.807, 2.05) is 0 Å². The van der Waals surface area contributed by atoms with E-state index in [0.29, 0.717) is 16.8 Å². The normalized spacial score (nSPS) is 13.0. The molecule has 0 aliphatic carbocycles. The zero-order valence-electron chi connectivity index (χ0n) is 14.1. The molecule has 0 aromatic heterocycles. The van der Waals surface area contributed by atoms with Crippen molar-refractivity contribution in [2.45, 2.75) is 17.9 Å². The second-order valence-electron chi connectivity index (χ2n) is 5.76. The molecular weight excluding hydrogens is 378 g/mol. The summed E-state index contributed by atoms with van der Waals surface area (Å²) >= 11 is 0. The topological polar surface area (TPSA) is 135 Å². The van der Waals surface area contributed by atoms with Crippen molar-refractivity contribution in [2.24, 2.45) is 5.14 Å². The molecule has 0 radical (unpaired) electrons. The first-order valence-corrected chi connectivity index (χ1v) is 10.9. The van der Waals surface area contributed by atoms with Crippen LogP contribution < -0.4 is 15.2 Å². The van der Waals surface area contributed by atoms with Crippen molar-refractivity contribution in [3.8, 4) is 0 Å². The third kappa shape index (κ3) is 5.55. The predicted octanol–water partition coefficient (Wildman–Crippen LogP) is 1.20. The van der Waals surface area contributed by atoms with Gasteiger partial charge in [0.2, 0.25) is 20.0 Å². The number of amides is 1. The van der Waals surface area contributed by atoms with E-state index < -0.39 is 20.0 Å². The van der Waals surface area contributed by atoms with Crippen LogP contribution in [0.4, 0.5) is 5.69 Å². The van der Waals surface area contributed by atoms with Crippen LogP contribution in [0.25, 0.3) is 0 Å². The van der Waals surface area contributed by atoms with Crippen molar-refractivity contribution in [3.05, 3.63) is 59.7 Å². The van der Waals surface area contributed by atoms with E-state index in [2.05, 4.69) is 10.0 Å². The first kappa shape index (κ1) is 19.9. The molecule has 0 aliphatic rings. The highest BCUT2D eigenvalue weighted by Crippen LogP contribution is 2.17. The summed E-state index contributed by atoms with van der Waals surface area (Å²) in [5.41, 5.74) is 1.42. The molecule has 26 heavy (non-hydrogen) atoms. The molecule has 4 N–H and O–H groups in total. The maximum absolute atomic E-state index is 12.3. The van der Waals surface area contributed by atoms with E-state index in [4.69, 9.17) is 5.14 Å². The predicted molar refractivity (Wildman–Crippen MR) is 98.6 cm³/mol. The molecule has 140 valence electrons. The first-order valence-electron chi connectivity index (χ1n) is 7.47. The fourth-order valence-corrected chi connectivity index (χ4v) is 3.29. The van der Waals surface area contributed by atoms with Crippen molar-refractivity contribution >= 4 is 31.6 Å². The van der Waals surface area contributed by atoms with Gasteiger partial charge in [0.05, 0.1) is 17.2 Å². The number of carbonyl (C=O) groups is 1. The molecule has 1 amide bonds. The number of hydrogen-bond acceptors (Lipinski definition) is 5. The van der Waals surface area contributed by atoms with E-state index in [1.54, 1.807) is 19.1 Å². The van der Waals surface area contributed by atoms with E-state index in [0.717, 1.165) is 6.26 Å². The molecule has 2 aromatic carbocycles. The van der Waals surface area contributed by atoms with Crippen molar-refractivity contribution in [1.29, 1.82) is 0 Å². The monoisotopic (exact) mass is 397 g/mol. The molecule has 0 saturated heterocycles. The number of rotatable bonds is 6. The maximum atomic E-state index is 12.3. The fraction of sp³-hybridized carbons (Fsp3) is 0.188. The highest BCUT2D eigenvalue weighted by atomic mass is 32.2. The van der Waals surface area contributed by atoms with Crippen LogP contribution in [0.15, 0.2) is 53.4 Å². The Labute approximate surface area is 152 Å². The summed E-state index contributed by atoms with van der Waals surface area (Å²) in [4.78, 5) is 12.3. The standard InChI is InChI=1S/C16H19N3O5S2/c1-11(12-5-9-15(10-6-12)26(17,23)24)18-16(20)13-3-7-14(8-4-13)19-25(2,21)22/h3-11,19H,1-2H3,(H,18,20)(H2,17,23,24). The van der Waals surface area contributed by atoms with Crippen LogP contribution in [-0.4, -0.2) is 29.0 Å². The van der Waals surface area contributed by atoms with Crippen LogP contribution in [0, 0.1) is 0 Å². The number of primary sulfonamides is 1. The smallest absolute Gasteiger partial charge is 0.251 e. The molecule has 8 nitrogen and oxygen atoms in total. The zero-order chi connectivity index (χ0) is 19.5. The van der Waals surface area contributed by atoms with Gasteiger partial charge in [0.25, 0.3) is 5.91 Å². The Balaban J connectivity index is 2.07. The van der Waals surface area contributed by atoms with Gasteiger partial charge in [-0.3, -0.25) is 9.52 Å². The molecule has 0 heterocycles. The van der Waals surface area contributed by atoms with Gasteiger partial charge in [0.1, 0.15) is 0 Å². The Morgan fingerprint density at radius 3 is 1.96 bits per heavy atom. The molecule has 0 fully saturated rings. The molecule has 2 rings (SSSR count). The minimum Gasteiger partial charge on any atom is -0.346 e.